The number of carboxylic acid groups (broad SMARTS) is 1. The average molecular weight is 312 g/mol. The first-order valence-corrected chi connectivity index (χ1v) is 7.76. The van der Waals surface area contributed by atoms with Crippen LogP contribution in [-0.2, 0) is 9.84 Å². The van der Waals surface area contributed by atoms with Gasteiger partial charge in [-0.2, -0.15) is 0 Å². The normalized spacial score (nSPS) is 11.3. The van der Waals surface area contributed by atoms with E-state index in [1.807, 2.05) is 0 Å². The molecule has 0 aliphatic carbocycles. The van der Waals surface area contributed by atoms with Gasteiger partial charge in [-0.05, 0) is 24.3 Å². The Bertz CT molecular complexity index is 772. The van der Waals surface area contributed by atoms with Crippen LogP contribution in [0.3, 0.4) is 0 Å². The van der Waals surface area contributed by atoms with Gasteiger partial charge < -0.3 is 5.11 Å². The SMILES string of the molecule is CS(=O)(=O)c1cc(C(=O)O)c(Cl)cc1-c1ccccn1. The first-order valence-electron chi connectivity index (χ1n) is 5.49. The van der Waals surface area contributed by atoms with Crippen molar-refractivity contribution in [2.24, 2.45) is 0 Å². The third-order valence-corrected chi connectivity index (χ3v) is 4.09. The summed E-state index contributed by atoms with van der Waals surface area (Å²) in [6.45, 7) is 0. The van der Waals surface area contributed by atoms with E-state index in [0.717, 1.165) is 12.3 Å². The fourth-order valence-corrected chi connectivity index (χ4v) is 2.89. The summed E-state index contributed by atoms with van der Waals surface area (Å²) in [7, 11) is -3.62. The molecular formula is C13H10ClNO4S. The Balaban J connectivity index is 2.81. The Morgan fingerprint density at radius 1 is 1.30 bits per heavy atom. The Hall–Kier alpha value is -1.92. The number of aromatic nitrogens is 1. The van der Waals surface area contributed by atoms with Gasteiger partial charge in [0, 0.05) is 18.0 Å². The molecule has 0 radical (unpaired) electrons. The van der Waals surface area contributed by atoms with Crippen LogP contribution in [0.4, 0.5) is 0 Å². The molecule has 2 rings (SSSR count). The Labute approximate surface area is 120 Å². The molecule has 0 saturated carbocycles. The summed E-state index contributed by atoms with van der Waals surface area (Å²) in [4.78, 5) is 15.0. The summed E-state index contributed by atoms with van der Waals surface area (Å²) < 4.78 is 23.7. The van der Waals surface area contributed by atoms with Crippen molar-refractivity contribution in [3.05, 3.63) is 47.1 Å². The number of hydrogen-bond donors (Lipinski definition) is 1. The van der Waals surface area contributed by atoms with Crippen molar-refractivity contribution in [2.75, 3.05) is 6.26 Å². The van der Waals surface area contributed by atoms with E-state index in [2.05, 4.69) is 4.98 Å². The van der Waals surface area contributed by atoms with E-state index in [1.54, 1.807) is 18.2 Å². The standard InChI is InChI=1S/C13H10ClNO4S/c1-20(18,19)12-7-8(13(16)17)10(14)6-9(12)11-4-2-3-5-15-11/h2-7H,1H3,(H,16,17). The van der Waals surface area contributed by atoms with Crippen molar-refractivity contribution >= 4 is 27.4 Å². The monoisotopic (exact) mass is 311 g/mol. The molecule has 1 aromatic heterocycles. The lowest BCUT2D eigenvalue weighted by Crippen LogP contribution is -2.05. The van der Waals surface area contributed by atoms with Crippen molar-refractivity contribution in [1.82, 2.24) is 4.98 Å². The van der Waals surface area contributed by atoms with Gasteiger partial charge in [-0.3, -0.25) is 4.98 Å². The highest BCUT2D eigenvalue weighted by Gasteiger charge is 2.21. The van der Waals surface area contributed by atoms with E-state index in [4.69, 9.17) is 16.7 Å². The predicted octanol–water partition coefficient (Wildman–Crippen LogP) is 2.50. The van der Waals surface area contributed by atoms with Gasteiger partial charge in [0.25, 0.3) is 0 Å². The molecule has 5 nitrogen and oxygen atoms in total. The lowest BCUT2D eigenvalue weighted by molar-refractivity contribution is 0.0697. The van der Waals surface area contributed by atoms with Gasteiger partial charge in [-0.1, -0.05) is 17.7 Å². The highest BCUT2D eigenvalue weighted by Crippen LogP contribution is 2.31. The number of sulfone groups is 1. The lowest BCUT2D eigenvalue weighted by atomic mass is 10.1. The topological polar surface area (TPSA) is 84.3 Å². The molecule has 2 aromatic rings. The number of nitrogens with zero attached hydrogens (tertiary/aromatic N) is 1. The van der Waals surface area contributed by atoms with Crippen molar-refractivity contribution < 1.29 is 18.3 Å². The fraction of sp³-hybridized carbons (Fsp3) is 0.0769. The summed E-state index contributed by atoms with van der Waals surface area (Å²) in [6.07, 6.45) is 2.52. The van der Waals surface area contributed by atoms with E-state index in [1.165, 1.54) is 12.3 Å². The molecule has 104 valence electrons. The largest absolute Gasteiger partial charge is 0.478 e. The van der Waals surface area contributed by atoms with Crippen LogP contribution in [0.5, 0.6) is 0 Å². The van der Waals surface area contributed by atoms with Crippen LogP contribution in [0.15, 0.2) is 41.4 Å². The molecule has 0 saturated heterocycles. The summed E-state index contributed by atoms with van der Waals surface area (Å²) >= 11 is 5.89. The first-order chi connectivity index (χ1) is 9.30. The second-order valence-corrected chi connectivity index (χ2v) is 6.51. The molecule has 1 N–H and O–H groups in total. The minimum Gasteiger partial charge on any atom is -0.478 e. The molecule has 0 spiro atoms. The van der Waals surface area contributed by atoms with Gasteiger partial charge in [0.05, 0.1) is 21.2 Å². The molecule has 0 bridgehead atoms. The lowest BCUT2D eigenvalue weighted by Gasteiger charge is -2.10. The number of benzene rings is 1. The van der Waals surface area contributed by atoms with Crippen LogP contribution in [0.25, 0.3) is 11.3 Å². The summed E-state index contributed by atoms with van der Waals surface area (Å²) in [5, 5.41) is 8.99. The third-order valence-electron chi connectivity index (χ3n) is 2.64. The van der Waals surface area contributed by atoms with Crippen molar-refractivity contribution in [1.29, 1.82) is 0 Å². The quantitative estimate of drug-likeness (QED) is 0.941. The minimum atomic E-state index is -3.62. The number of pyridine rings is 1. The average Bonchev–Trinajstić information content (AvgIpc) is 2.37. The summed E-state index contributed by atoms with van der Waals surface area (Å²) in [6, 6.07) is 7.39. The molecule has 7 heteroatoms. The Morgan fingerprint density at radius 2 is 2.00 bits per heavy atom. The molecule has 0 aliphatic heterocycles. The number of rotatable bonds is 3. The molecule has 1 heterocycles. The molecule has 0 fully saturated rings. The highest BCUT2D eigenvalue weighted by atomic mass is 35.5. The number of carbonyl (C=O) groups is 1. The van der Waals surface area contributed by atoms with E-state index in [9.17, 15) is 13.2 Å². The van der Waals surface area contributed by atoms with Crippen LogP contribution in [0.2, 0.25) is 5.02 Å². The first kappa shape index (κ1) is 14.5. The van der Waals surface area contributed by atoms with Crippen LogP contribution in [-0.4, -0.2) is 30.7 Å². The second-order valence-electron chi connectivity index (χ2n) is 4.12. The number of halogens is 1. The summed E-state index contributed by atoms with van der Waals surface area (Å²) in [5.41, 5.74) is 0.432. The van der Waals surface area contributed by atoms with Crippen molar-refractivity contribution in [3.8, 4) is 11.3 Å². The van der Waals surface area contributed by atoms with Gasteiger partial charge in [-0.25, -0.2) is 13.2 Å². The second kappa shape index (κ2) is 5.22. The van der Waals surface area contributed by atoms with E-state index in [0.29, 0.717) is 5.69 Å². The van der Waals surface area contributed by atoms with Gasteiger partial charge in [0.15, 0.2) is 9.84 Å². The van der Waals surface area contributed by atoms with Gasteiger partial charge in [0.1, 0.15) is 0 Å². The zero-order chi connectivity index (χ0) is 14.9. The van der Waals surface area contributed by atoms with E-state index < -0.39 is 15.8 Å². The number of aromatic carboxylic acids is 1. The third kappa shape index (κ3) is 2.81. The molecule has 1 aromatic carbocycles. The van der Waals surface area contributed by atoms with Gasteiger partial charge in [-0.15, -0.1) is 0 Å². The maximum atomic E-state index is 11.8. The number of hydrogen-bond acceptors (Lipinski definition) is 4. The zero-order valence-electron chi connectivity index (χ0n) is 10.4. The van der Waals surface area contributed by atoms with Gasteiger partial charge >= 0.3 is 5.97 Å². The smallest absolute Gasteiger partial charge is 0.337 e. The van der Waals surface area contributed by atoms with E-state index >= 15 is 0 Å². The molecule has 0 atom stereocenters. The maximum Gasteiger partial charge on any atom is 0.337 e. The Morgan fingerprint density at radius 3 is 2.50 bits per heavy atom. The van der Waals surface area contributed by atoms with Crippen molar-refractivity contribution in [3.63, 3.8) is 0 Å². The van der Waals surface area contributed by atoms with Gasteiger partial charge in [0.2, 0.25) is 0 Å². The molecular weight excluding hydrogens is 302 g/mol. The van der Waals surface area contributed by atoms with Crippen molar-refractivity contribution in [2.45, 2.75) is 4.90 Å². The van der Waals surface area contributed by atoms with Crippen LogP contribution in [0.1, 0.15) is 10.4 Å². The molecule has 0 aliphatic rings. The predicted molar refractivity (Wildman–Crippen MR) is 74.8 cm³/mol. The van der Waals surface area contributed by atoms with Crippen LogP contribution >= 0.6 is 11.6 Å². The Kier molecular flexibility index (Phi) is 3.78. The zero-order valence-corrected chi connectivity index (χ0v) is 11.9. The van der Waals surface area contributed by atoms with Crippen LogP contribution < -0.4 is 0 Å². The number of carboxylic acids is 1. The fourth-order valence-electron chi connectivity index (χ4n) is 1.75. The highest BCUT2D eigenvalue weighted by molar-refractivity contribution is 7.90. The molecule has 0 amide bonds. The minimum absolute atomic E-state index is 0.0365. The van der Waals surface area contributed by atoms with E-state index in [-0.39, 0.29) is 21.0 Å². The molecule has 20 heavy (non-hydrogen) atoms. The summed E-state index contributed by atoms with van der Waals surface area (Å²) in [5.74, 6) is -1.28. The van der Waals surface area contributed by atoms with Crippen LogP contribution in [0, 0.1) is 0 Å². The maximum absolute atomic E-state index is 11.8. The molecule has 0 unspecified atom stereocenters.